The number of nitrogens with one attached hydrogen (secondary N) is 1. The highest BCUT2D eigenvalue weighted by atomic mass is 19.1. The molecule has 4 heteroatoms. The third kappa shape index (κ3) is 3.11. The molecule has 82 valence electrons. The molecule has 0 aliphatic heterocycles. The summed E-state index contributed by atoms with van der Waals surface area (Å²) in [6.45, 7) is 5.90. The largest absolute Gasteiger partial charge is 0.271 e. The average molecular weight is 209 g/mol. The third-order valence-corrected chi connectivity index (χ3v) is 2.37. The van der Waals surface area contributed by atoms with E-state index in [1.165, 1.54) is 6.20 Å². The zero-order valence-corrected chi connectivity index (χ0v) is 8.83. The summed E-state index contributed by atoms with van der Waals surface area (Å²) in [6, 6.07) is 1.39. The van der Waals surface area contributed by atoms with Crippen LogP contribution in [0.3, 0.4) is 0 Å². The van der Waals surface area contributed by atoms with E-state index in [1.807, 2.05) is 6.92 Å². The Balaban J connectivity index is 2.83. The zero-order valence-electron chi connectivity index (χ0n) is 8.83. The predicted octanol–water partition coefficient (Wildman–Crippen LogP) is 2.08. The maximum Gasteiger partial charge on any atom is 0.146 e. The summed E-state index contributed by atoms with van der Waals surface area (Å²) in [5.41, 5.74) is 4.16. The molecule has 0 aromatic carbocycles. The lowest BCUT2D eigenvalue weighted by Gasteiger charge is -2.17. The fraction of sp³-hybridized carbons (Fsp3) is 0.364. The van der Waals surface area contributed by atoms with Crippen LogP contribution in [0.5, 0.6) is 0 Å². The molecule has 1 heterocycles. The molecule has 1 aromatic rings. The highest BCUT2D eigenvalue weighted by Gasteiger charge is 2.14. The second-order valence-electron chi connectivity index (χ2n) is 3.42. The number of halogens is 1. The number of pyridine rings is 1. The first-order chi connectivity index (χ1) is 7.19. The number of hydrazine groups is 1. The van der Waals surface area contributed by atoms with Crippen LogP contribution in [0.4, 0.5) is 4.39 Å². The second-order valence-corrected chi connectivity index (χ2v) is 3.42. The van der Waals surface area contributed by atoms with Gasteiger partial charge in [-0.1, -0.05) is 19.1 Å². The molecule has 0 saturated carbocycles. The number of hydrogen-bond donors (Lipinski definition) is 2. The minimum atomic E-state index is -0.343. The van der Waals surface area contributed by atoms with Gasteiger partial charge in [0.2, 0.25) is 0 Å². The van der Waals surface area contributed by atoms with E-state index in [0.29, 0.717) is 12.0 Å². The Morgan fingerprint density at radius 2 is 2.47 bits per heavy atom. The summed E-state index contributed by atoms with van der Waals surface area (Å²) in [6.07, 6.45) is 4.24. The monoisotopic (exact) mass is 209 g/mol. The summed E-state index contributed by atoms with van der Waals surface area (Å²) in [5.74, 6) is 5.06. The number of aromatic nitrogens is 1. The maximum atomic E-state index is 13.4. The van der Waals surface area contributed by atoms with Crippen LogP contribution >= 0.6 is 0 Å². The van der Waals surface area contributed by atoms with Gasteiger partial charge in [-0.15, -0.1) is 0 Å². The molecule has 0 spiro atoms. The molecule has 1 aromatic heterocycles. The van der Waals surface area contributed by atoms with Crippen molar-refractivity contribution in [1.29, 1.82) is 0 Å². The Bertz CT molecular complexity index is 338. The van der Waals surface area contributed by atoms with Crippen LogP contribution in [-0.2, 0) is 0 Å². The SMILES string of the molecule is C=C(CC)CC(NN)c1ccncc1F. The molecular formula is C11H16FN3. The first-order valence-electron chi connectivity index (χ1n) is 4.91. The minimum absolute atomic E-state index is 0.236. The van der Waals surface area contributed by atoms with Gasteiger partial charge < -0.3 is 0 Å². The van der Waals surface area contributed by atoms with Crippen molar-refractivity contribution < 1.29 is 4.39 Å². The van der Waals surface area contributed by atoms with E-state index in [0.717, 1.165) is 12.0 Å². The summed E-state index contributed by atoms with van der Waals surface area (Å²) < 4.78 is 13.4. The normalized spacial score (nSPS) is 12.5. The van der Waals surface area contributed by atoms with Crippen molar-refractivity contribution in [3.05, 3.63) is 42.0 Å². The van der Waals surface area contributed by atoms with Gasteiger partial charge in [0, 0.05) is 11.8 Å². The van der Waals surface area contributed by atoms with Crippen molar-refractivity contribution in [3.63, 3.8) is 0 Å². The highest BCUT2D eigenvalue weighted by Crippen LogP contribution is 2.22. The predicted molar refractivity (Wildman–Crippen MR) is 58.3 cm³/mol. The Labute approximate surface area is 89.2 Å². The van der Waals surface area contributed by atoms with Gasteiger partial charge in [0.25, 0.3) is 0 Å². The van der Waals surface area contributed by atoms with Gasteiger partial charge >= 0.3 is 0 Å². The molecule has 0 saturated heterocycles. The van der Waals surface area contributed by atoms with Crippen molar-refractivity contribution >= 4 is 0 Å². The zero-order chi connectivity index (χ0) is 11.3. The molecule has 15 heavy (non-hydrogen) atoms. The van der Waals surface area contributed by atoms with E-state index in [9.17, 15) is 4.39 Å². The van der Waals surface area contributed by atoms with Crippen molar-refractivity contribution in [2.45, 2.75) is 25.8 Å². The molecule has 0 bridgehead atoms. The summed E-state index contributed by atoms with van der Waals surface area (Å²) in [7, 11) is 0. The second kappa shape index (κ2) is 5.58. The number of hydrogen-bond acceptors (Lipinski definition) is 3. The summed E-state index contributed by atoms with van der Waals surface area (Å²) >= 11 is 0. The van der Waals surface area contributed by atoms with Crippen LogP contribution in [0.25, 0.3) is 0 Å². The topological polar surface area (TPSA) is 50.9 Å². The number of rotatable bonds is 5. The molecular weight excluding hydrogens is 193 g/mol. The summed E-state index contributed by atoms with van der Waals surface area (Å²) in [5, 5.41) is 0. The molecule has 0 fully saturated rings. The van der Waals surface area contributed by atoms with E-state index in [1.54, 1.807) is 12.3 Å². The summed E-state index contributed by atoms with van der Waals surface area (Å²) in [4.78, 5) is 3.69. The highest BCUT2D eigenvalue weighted by molar-refractivity contribution is 5.19. The Hall–Kier alpha value is -1.26. The van der Waals surface area contributed by atoms with E-state index in [-0.39, 0.29) is 11.9 Å². The van der Waals surface area contributed by atoms with E-state index in [4.69, 9.17) is 5.84 Å². The van der Waals surface area contributed by atoms with E-state index >= 15 is 0 Å². The van der Waals surface area contributed by atoms with Gasteiger partial charge in [0.1, 0.15) is 5.82 Å². The van der Waals surface area contributed by atoms with Crippen LogP contribution in [0.15, 0.2) is 30.6 Å². The van der Waals surface area contributed by atoms with Crippen LogP contribution < -0.4 is 11.3 Å². The van der Waals surface area contributed by atoms with E-state index < -0.39 is 0 Å². The van der Waals surface area contributed by atoms with Gasteiger partial charge in [0.05, 0.1) is 12.2 Å². The van der Waals surface area contributed by atoms with Gasteiger partial charge in [-0.05, 0) is 18.9 Å². The van der Waals surface area contributed by atoms with E-state index in [2.05, 4.69) is 17.0 Å². The third-order valence-electron chi connectivity index (χ3n) is 2.37. The lowest BCUT2D eigenvalue weighted by atomic mass is 9.99. The molecule has 0 amide bonds. The van der Waals surface area contributed by atoms with Crippen LogP contribution in [-0.4, -0.2) is 4.98 Å². The molecule has 1 rings (SSSR count). The fourth-order valence-corrected chi connectivity index (χ4v) is 1.36. The van der Waals surface area contributed by atoms with Crippen molar-refractivity contribution in [2.24, 2.45) is 5.84 Å². The van der Waals surface area contributed by atoms with Gasteiger partial charge in [-0.25, -0.2) is 4.39 Å². The lowest BCUT2D eigenvalue weighted by molar-refractivity contribution is 0.503. The lowest BCUT2D eigenvalue weighted by Crippen LogP contribution is -2.29. The number of nitrogens with two attached hydrogens (primary N) is 1. The van der Waals surface area contributed by atoms with Crippen molar-refractivity contribution in [3.8, 4) is 0 Å². The van der Waals surface area contributed by atoms with Crippen molar-refractivity contribution in [1.82, 2.24) is 10.4 Å². The molecule has 1 unspecified atom stereocenters. The molecule has 0 aliphatic carbocycles. The van der Waals surface area contributed by atoms with Crippen LogP contribution in [0.2, 0.25) is 0 Å². The van der Waals surface area contributed by atoms with Crippen LogP contribution in [0.1, 0.15) is 31.4 Å². The fourth-order valence-electron chi connectivity index (χ4n) is 1.36. The number of nitrogens with zero attached hydrogens (tertiary/aromatic N) is 1. The molecule has 0 radical (unpaired) electrons. The quantitative estimate of drug-likeness (QED) is 0.443. The molecule has 3 N–H and O–H groups in total. The smallest absolute Gasteiger partial charge is 0.146 e. The molecule has 1 atom stereocenters. The molecule has 0 aliphatic rings. The van der Waals surface area contributed by atoms with Gasteiger partial charge in [-0.3, -0.25) is 16.3 Å². The Morgan fingerprint density at radius 1 is 1.73 bits per heavy atom. The van der Waals surface area contributed by atoms with Gasteiger partial charge in [-0.2, -0.15) is 0 Å². The first-order valence-corrected chi connectivity index (χ1v) is 4.91. The first kappa shape index (κ1) is 11.8. The Kier molecular flexibility index (Phi) is 4.39. The van der Waals surface area contributed by atoms with Gasteiger partial charge in [0.15, 0.2) is 0 Å². The Morgan fingerprint density at radius 3 is 3.00 bits per heavy atom. The molecule has 3 nitrogen and oxygen atoms in total. The standard InChI is InChI=1S/C11H16FN3/c1-3-8(2)6-11(15-13)9-4-5-14-7-10(9)12/h4-5,7,11,15H,2-3,6,13H2,1H3. The van der Waals surface area contributed by atoms with Crippen LogP contribution in [0, 0.1) is 5.82 Å². The average Bonchev–Trinajstić information content (AvgIpc) is 2.26. The maximum absolute atomic E-state index is 13.4. The van der Waals surface area contributed by atoms with Crippen molar-refractivity contribution in [2.75, 3.05) is 0 Å². The minimum Gasteiger partial charge on any atom is -0.271 e.